The summed E-state index contributed by atoms with van der Waals surface area (Å²) in [6.07, 6.45) is -0.319. The number of aliphatic hydroxyl groups excluding tert-OH is 2. The lowest BCUT2D eigenvalue weighted by atomic mass is 9.77. The fourth-order valence-electron chi connectivity index (χ4n) is 3.92. The van der Waals surface area contributed by atoms with E-state index in [1.165, 1.54) is 0 Å². The van der Waals surface area contributed by atoms with Crippen LogP contribution in [-0.2, 0) is 4.79 Å². The zero-order valence-corrected chi connectivity index (χ0v) is 15.8. The molecule has 142 valence electrons. The molecule has 2 fully saturated rings. The average Bonchev–Trinajstić information content (AvgIpc) is 3.01. The number of aliphatic hydroxyl groups is 2. The molecule has 1 heterocycles. The summed E-state index contributed by atoms with van der Waals surface area (Å²) in [6, 6.07) is 7.99. The van der Waals surface area contributed by atoms with Crippen LogP contribution in [0.1, 0.15) is 12.0 Å². The van der Waals surface area contributed by atoms with Crippen molar-refractivity contribution in [2.75, 3.05) is 18.5 Å². The SMILES string of the molecule is C=CCN(C)C(=O)C1CC(O)C(O)C2NC(=S)N(c3cccc(C#N)c3)C12. The summed E-state index contributed by atoms with van der Waals surface area (Å²) in [6.45, 7) is 4.04. The summed E-state index contributed by atoms with van der Waals surface area (Å²) in [5.41, 5.74) is 1.15. The van der Waals surface area contributed by atoms with Gasteiger partial charge in [-0.05, 0) is 36.8 Å². The second-order valence-corrected chi connectivity index (χ2v) is 7.29. The van der Waals surface area contributed by atoms with E-state index >= 15 is 0 Å². The Balaban J connectivity index is 2.02. The van der Waals surface area contributed by atoms with E-state index in [2.05, 4.69) is 18.0 Å². The van der Waals surface area contributed by atoms with Gasteiger partial charge in [0.05, 0.1) is 35.7 Å². The average molecular weight is 386 g/mol. The largest absolute Gasteiger partial charge is 0.390 e. The van der Waals surface area contributed by atoms with Crippen molar-refractivity contribution in [2.24, 2.45) is 5.92 Å². The fraction of sp³-hybridized carbons (Fsp3) is 0.421. The Morgan fingerprint density at radius 1 is 1.56 bits per heavy atom. The third-order valence-corrected chi connectivity index (χ3v) is 5.51. The van der Waals surface area contributed by atoms with Gasteiger partial charge in [0.25, 0.3) is 0 Å². The van der Waals surface area contributed by atoms with Gasteiger partial charge in [-0.3, -0.25) is 4.79 Å². The van der Waals surface area contributed by atoms with Gasteiger partial charge in [0.1, 0.15) is 6.10 Å². The second kappa shape index (κ2) is 7.64. The Bertz CT molecular complexity index is 808. The molecule has 1 saturated heterocycles. The standard InChI is InChI=1S/C19H22N4O3S/c1-3-7-22(2)18(26)13-9-14(24)17(25)15-16(13)23(19(27)21-15)12-6-4-5-11(8-12)10-20/h3-6,8,13-17,24-25H,1,7,9H2,2H3,(H,21,27). The summed E-state index contributed by atoms with van der Waals surface area (Å²) >= 11 is 5.46. The summed E-state index contributed by atoms with van der Waals surface area (Å²) in [4.78, 5) is 16.3. The van der Waals surface area contributed by atoms with Crippen molar-refractivity contribution in [3.63, 3.8) is 0 Å². The van der Waals surface area contributed by atoms with Gasteiger partial charge in [0.2, 0.25) is 5.91 Å². The predicted molar refractivity (Wildman–Crippen MR) is 105 cm³/mol. The monoisotopic (exact) mass is 386 g/mol. The molecule has 5 atom stereocenters. The van der Waals surface area contributed by atoms with Crippen LogP contribution in [0.25, 0.3) is 0 Å². The molecule has 0 radical (unpaired) electrons. The molecule has 1 aliphatic heterocycles. The van der Waals surface area contributed by atoms with Gasteiger partial charge >= 0.3 is 0 Å². The highest BCUT2D eigenvalue weighted by Gasteiger charge is 2.54. The van der Waals surface area contributed by atoms with Crippen molar-refractivity contribution in [2.45, 2.75) is 30.7 Å². The molecular formula is C19H22N4O3S. The van der Waals surface area contributed by atoms with Crippen LogP contribution in [0.4, 0.5) is 5.69 Å². The summed E-state index contributed by atoms with van der Waals surface area (Å²) in [5.74, 6) is -0.721. The molecule has 27 heavy (non-hydrogen) atoms. The molecule has 3 rings (SSSR count). The first-order chi connectivity index (χ1) is 12.9. The Labute approximate surface area is 163 Å². The molecule has 8 heteroatoms. The number of rotatable bonds is 4. The minimum Gasteiger partial charge on any atom is -0.390 e. The van der Waals surface area contributed by atoms with Gasteiger partial charge < -0.3 is 25.3 Å². The van der Waals surface area contributed by atoms with E-state index in [9.17, 15) is 20.3 Å². The third-order valence-electron chi connectivity index (χ3n) is 5.19. The van der Waals surface area contributed by atoms with E-state index in [0.717, 1.165) is 0 Å². The Morgan fingerprint density at radius 2 is 2.30 bits per heavy atom. The second-order valence-electron chi connectivity index (χ2n) is 6.91. The molecule has 5 unspecified atom stereocenters. The summed E-state index contributed by atoms with van der Waals surface area (Å²) < 4.78 is 0. The lowest BCUT2D eigenvalue weighted by Gasteiger charge is -2.42. The van der Waals surface area contributed by atoms with E-state index in [-0.39, 0.29) is 12.3 Å². The van der Waals surface area contributed by atoms with Gasteiger partial charge in [-0.1, -0.05) is 12.1 Å². The Morgan fingerprint density at radius 3 is 2.96 bits per heavy atom. The number of benzene rings is 1. The minimum absolute atomic E-state index is 0.126. The van der Waals surface area contributed by atoms with Gasteiger partial charge in [0.15, 0.2) is 5.11 Å². The minimum atomic E-state index is -1.05. The number of nitriles is 1. The van der Waals surface area contributed by atoms with E-state index in [1.54, 1.807) is 41.1 Å². The number of hydrogen-bond donors (Lipinski definition) is 3. The molecule has 1 saturated carbocycles. The lowest BCUT2D eigenvalue weighted by molar-refractivity contribution is -0.139. The molecule has 0 bridgehead atoms. The number of amides is 1. The summed E-state index contributed by atoms with van der Waals surface area (Å²) in [7, 11) is 1.68. The molecule has 1 amide bonds. The molecule has 1 aromatic rings. The molecule has 7 nitrogen and oxygen atoms in total. The van der Waals surface area contributed by atoms with Crippen LogP contribution >= 0.6 is 12.2 Å². The van der Waals surface area contributed by atoms with Crippen LogP contribution in [0, 0.1) is 17.2 Å². The first-order valence-corrected chi connectivity index (χ1v) is 9.11. The Hall–Kier alpha value is -2.47. The number of likely N-dealkylation sites (N-methyl/N-ethyl adjacent to an activating group) is 1. The van der Waals surface area contributed by atoms with Crippen LogP contribution in [0.15, 0.2) is 36.9 Å². The summed E-state index contributed by atoms with van der Waals surface area (Å²) in [5, 5.41) is 33.4. The maximum atomic E-state index is 13.0. The van der Waals surface area contributed by atoms with Crippen molar-refractivity contribution in [1.82, 2.24) is 10.2 Å². The van der Waals surface area contributed by atoms with E-state index in [1.807, 2.05) is 6.07 Å². The van der Waals surface area contributed by atoms with Crippen LogP contribution < -0.4 is 10.2 Å². The quantitative estimate of drug-likeness (QED) is 0.508. The molecule has 1 aromatic carbocycles. The van der Waals surface area contributed by atoms with Crippen molar-refractivity contribution in [3.8, 4) is 6.07 Å². The fourth-order valence-corrected chi connectivity index (χ4v) is 4.28. The van der Waals surface area contributed by atoms with Crippen molar-refractivity contribution in [1.29, 1.82) is 5.26 Å². The normalized spacial score (nSPS) is 29.5. The third kappa shape index (κ3) is 3.41. The van der Waals surface area contributed by atoms with Crippen LogP contribution in [0.2, 0.25) is 0 Å². The zero-order valence-electron chi connectivity index (χ0n) is 14.9. The molecule has 3 N–H and O–H groups in total. The highest BCUT2D eigenvalue weighted by atomic mass is 32.1. The van der Waals surface area contributed by atoms with Gasteiger partial charge in [0, 0.05) is 19.3 Å². The maximum absolute atomic E-state index is 13.0. The van der Waals surface area contributed by atoms with Crippen molar-refractivity contribution < 1.29 is 15.0 Å². The van der Waals surface area contributed by atoms with Gasteiger partial charge in [-0.15, -0.1) is 6.58 Å². The highest BCUT2D eigenvalue weighted by molar-refractivity contribution is 7.80. The first kappa shape index (κ1) is 19.3. The van der Waals surface area contributed by atoms with Gasteiger partial charge in [-0.2, -0.15) is 5.26 Å². The van der Waals surface area contributed by atoms with Gasteiger partial charge in [-0.25, -0.2) is 0 Å². The number of carbonyl (C=O) groups excluding carboxylic acids is 1. The maximum Gasteiger partial charge on any atom is 0.227 e. The topological polar surface area (TPSA) is 99.8 Å². The number of nitrogens with one attached hydrogen (secondary N) is 1. The molecular weight excluding hydrogens is 364 g/mol. The molecule has 0 aromatic heterocycles. The Kier molecular flexibility index (Phi) is 5.46. The molecule has 1 aliphatic carbocycles. The number of fused-ring (bicyclic) bond motifs is 1. The van der Waals surface area contributed by atoms with E-state index in [0.29, 0.717) is 22.9 Å². The van der Waals surface area contributed by atoms with Crippen molar-refractivity contribution in [3.05, 3.63) is 42.5 Å². The molecule has 2 aliphatic rings. The molecule has 0 spiro atoms. The smallest absolute Gasteiger partial charge is 0.227 e. The first-order valence-electron chi connectivity index (χ1n) is 8.71. The number of anilines is 1. The van der Waals surface area contributed by atoms with Crippen LogP contribution in [0.5, 0.6) is 0 Å². The number of thiocarbonyl (C=S) groups is 1. The van der Waals surface area contributed by atoms with Crippen molar-refractivity contribution >= 4 is 28.9 Å². The van der Waals surface area contributed by atoms with Crippen LogP contribution in [0.3, 0.4) is 0 Å². The van der Waals surface area contributed by atoms with E-state index in [4.69, 9.17) is 12.2 Å². The van der Waals surface area contributed by atoms with Crippen LogP contribution in [-0.4, -0.2) is 64.0 Å². The van der Waals surface area contributed by atoms with E-state index < -0.39 is 30.2 Å². The predicted octanol–water partition coefficient (Wildman–Crippen LogP) is 0.376. The lowest BCUT2D eigenvalue weighted by Crippen LogP contribution is -2.61. The number of hydrogen-bond acceptors (Lipinski definition) is 5. The highest BCUT2D eigenvalue weighted by Crippen LogP contribution is 2.37. The zero-order chi connectivity index (χ0) is 19.7. The number of carbonyl (C=O) groups is 1. The number of nitrogens with zero attached hydrogens (tertiary/aromatic N) is 3.